The fourth-order valence-corrected chi connectivity index (χ4v) is 1.07. The first-order valence-electron chi connectivity index (χ1n) is 3.97. The fraction of sp³-hybridized carbons (Fsp3) is 0.222. The Morgan fingerprint density at radius 2 is 2.08 bits per heavy atom. The van der Waals surface area contributed by atoms with E-state index in [0.29, 0.717) is 12.2 Å². The van der Waals surface area contributed by atoms with Crippen LogP contribution in [0.15, 0.2) is 30.3 Å². The van der Waals surface area contributed by atoms with Gasteiger partial charge in [0, 0.05) is 12.2 Å². The van der Waals surface area contributed by atoms with Crippen molar-refractivity contribution in [1.82, 2.24) is 0 Å². The van der Waals surface area contributed by atoms with Crippen LogP contribution in [0.1, 0.15) is 6.92 Å². The standard InChI is InChI=1S/C9H11NO3/c1-2-10(9(11)13-12)8-6-4-3-5-7-8/h3-7,12H,2H2,1H3. The lowest BCUT2D eigenvalue weighted by molar-refractivity contribution is -0.175. The number of hydrogen-bond donors (Lipinski definition) is 1. The predicted octanol–water partition coefficient (Wildman–Crippen LogP) is 2.12. The topological polar surface area (TPSA) is 49.8 Å². The Balaban J connectivity index is 2.85. The van der Waals surface area contributed by atoms with Crippen LogP contribution >= 0.6 is 0 Å². The summed E-state index contributed by atoms with van der Waals surface area (Å²) in [6.45, 7) is 2.24. The van der Waals surface area contributed by atoms with Crippen LogP contribution in [0, 0.1) is 0 Å². The second-order valence-corrected chi connectivity index (χ2v) is 2.44. The number of nitrogens with zero attached hydrogens (tertiary/aromatic N) is 1. The van der Waals surface area contributed by atoms with E-state index in [1.165, 1.54) is 4.90 Å². The zero-order valence-corrected chi connectivity index (χ0v) is 7.30. The highest BCUT2D eigenvalue weighted by molar-refractivity contribution is 5.86. The van der Waals surface area contributed by atoms with Gasteiger partial charge < -0.3 is 0 Å². The summed E-state index contributed by atoms with van der Waals surface area (Å²) in [5.74, 6) is 0. The van der Waals surface area contributed by atoms with Crippen molar-refractivity contribution in [3.05, 3.63) is 30.3 Å². The number of benzene rings is 1. The number of para-hydroxylation sites is 1. The van der Waals surface area contributed by atoms with Crippen molar-refractivity contribution in [2.24, 2.45) is 0 Å². The lowest BCUT2D eigenvalue weighted by Gasteiger charge is -2.17. The molecule has 0 aliphatic carbocycles. The summed E-state index contributed by atoms with van der Waals surface area (Å²) in [6, 6.07) is 8.99. The number of carbonyl (C=O) groups excluding carboxylic acids is 1. The molecule has 70 valence electrons. The molecule has 1 aromatic rings. The molecule has 1 amide bonds. The van der Waals surface area contributed by atoms with Gasteiger partial charge in [-0.25, -0.2) is 4.79 Å². The molecule has 0 aliphatic rings. The van der Waals surface area contributed by atoms with E-state index in [4.69, 9.17) is 5.26 Å². The van der Waals surface area contributed by atoms with E-state index in [1.54, 1.807) is 19.1 Å². The molecule has 0 aromatic heterocycles. The Hall–Kier alpha value is -1.55. The number of anilines is 1. The van der Waals surface area contributed by atoms with E-state index in [9.17, 15) is 4.79 Å². The van der Waals surface area contributed by atoms with Crippen molar-refractivity contribution in [2.75, 3.05) is 11.4 Å². The third-order valence-corrected chi connectivity index (χ3v) is 1.68. The minimum Gasteiger partial charge on any atom is -0.278 e. The molecule has 1 rings (SSSR count). The molecular formula is C9H11NO3. The van der Waals surface area contributed by atoms with E-state index in [1.807, 2.05) is 18.2 Å². The molecule has 0 spiro atoms. The van der Waals surface area contributed by atoms with Gasteiger partial charge >= 0.3 is 6.09 Å². The molecule has 4 heteroatoms. The van der Waals surface area contributed by atoms with Crippen molar-refractivity contribution < 1.29 is 14.9 Å². The molecule has 0 aliphatic heterocycles. The van der Waals surface area contributed by atoms with Crippen LogP contribution in [-0.4, -0.2) is 17.9 Å². The molecule has 0 saturated heterocycles. The van der Waals surface area contributed by atoms with Crippen molar-refractivity contribution in [3.63, 3.8) is 0 Å². The molecule has 1 N–H and O–H groups in total. The Kier molecular flexibility index (Phi) is 3.28. The van der Waals surface area contributed by atoms with Gasteiger partial charge in [-0.15, -0.1) is 0 Å². The summed E-state index contributed by atoms with van der Waals surface area (Å²) in [7, 11) is 0. The molecule has 0 unspecified atom stereocenters. The summed E-state index contributed by atoms with van der Waals surface area (Å²) >= 11 is 0. The van der Waals surface area contributed by atoms with Crippen LogP contribution in [0.2, 0.25) is 0 Å². The highest BCUT2D eigenvalue weighted by Gasteiger charge is 2.13. The Bertz CT molecular complexity index is 273. The molecule has 13 heavy (non-hydrogen) atoms. The van der Waals surface area contributed by atoms with E-state index in [2.05, 4.69) is 4.89 Å². The van der Waals surface area contributed by atoms with Crippen LogP contribution in [-0.2, 0) is 4.89 Å². The maximum Gasteiger partial charge on any atom is 0.445 e. The van der Waals surface area contributed by atoms with Crippen molar-refractivity contribution in [3.8, 4) is 0 Å². The first kappa shape index (κ1) is 9.54. The molecule has 0 heterocycles. The van der Waals surface area contributed by atoms with Crippen molar-refractivity contribution in [1.29, 1.82) is 0 Å². The Morgan fingerprint density at radius 3 is 2.54 bits per heavy atom. The minimum atomic E-state index is -0.770. The average Bonchev–Trinajstić information content (AvgIpc) is 2.20. The number of rotatable bonds is 2. The second-order valence-electron chi connectivity index (χ2n) is 2.44. The zero-order chi connectivity index (χ0) is 9.68. The summed E-state index contributed by atoms with van der Waals surface area (Å²) < 4.78 is 0. The van der Waals surface area contributed by atoms with Gasteiger partial charge in [0.25, 0.3) is 0 Å². The van der Waals surface area contributed by atoms with Crippen LogP contribution in [0.4, 0.5) is 10.5 Å². The maximum atomic E-state index is 11.0. The molecule has 0 atom stereocenters. The Morgan fingerprint density at radius 1 is 1.46 bits per heavy atom. The SMILES string of the molecule is CCN(C(=O)OO)c1ccccc1. The molecule has 1 aromatic carbocycles. The normalized spacial score (nSPS) is 9.38. The Labute approximate surface area is 76.3 Å². The maximum absolute atomic E-state index is 11.0. The second kappa shape index (κ2) is 4.47. The molecular weight excluding hydrogens is 170 g/mol. The van der Waals surface area contributed by atoms with Crippen molar-refractivity contribution >= 4 is 11.8 Å². The lowest BCUT2D eigenvalue weighted by atomic mass is 10.3. The summed E-state index contributed by atoms with van der Waals surface area (Å²) in [5.41, 5.74) is 0.698. The average molecular weight is 181 g/mol. The van der Waals surface area contributed by atoms with Gasteiger partial charge in [0.2, 0.25) is 0 Å². The first-order valence-corrected chi connectivity index (χ1v) is 3.97. The molecule has 4 nitrogen and oxygen atoms in total. The van der Waals surface area contributed by atoms with Gasteiger partial charge in [-0.1, -0.05) is 18.2 Å². The van der Waals surface area contributed by atoms with Crippen molar-refractivity contribution in [2.45, 2.75) is 6.92 Å². The summed E-state index contributed by atoms with van der Waals surface area (Å²) in [6.07, 6.45) is -0.770. The molecule has 0 radical (unpaired) electrons. The highest BCUT2D eigenvalue weighted by atomic mass is 17.1. The van der Waals surface area contributed by atoms with E-state index in [-0.39, 0.29) is 0 Å². The number of amides is 1. The smallest absolute Gasteiger partial charge is 0.278 e. The summed E-state index contributed by atoms with van der Waals surface area (Å²) in [5, 5.41) is 8.21. The largest absolute Gasteiger partial charge is 0.445 e. The number of carbonyl (C=O) groups is 1. The minimum absolute atomic E-state index is 0.448. The van der Waals surface area contributed by atoms with Gasteiger partial charge in [-0.05, 0) is 19.1 Å². The van der Waals surface area contributed by atoms with Gasteiger partial charge in [0.15, 0.2) is 0 Å². The monoisotopic (exact) mass is 181 g/mol. The third-order valence-electron chi connectivity index (χ3n) is 1.68. The van der Waals surface area contributed by atoms with Crippen LogP contribution < -0.4 is 4.90 Å². The van der Waals surface area contributed by atoms with E-state index in [0.717, 1.165) is 0 Å². The van der Waals surface area contributed by atoms with Gasteiger partial charge in [0.05, 0.1) is 0 Å². The van der Waals surface area contributed by atoms with Gasteiger partial charge in [0.1, 0.15) is 0 Å². The molecule has 0 fully saturated rings. The zero-order valence-electron chi connectivity index (χ0n) is 7.30. The van der Waals surface area contributed by atoms with Crippen LogP contribution in [0.5, 0.6) is 0 Å². The fourth-order valence-electron chi connectivity index (χ4n) is 1.07. The number of hydrogen-bond acceptors (Lipinski definition) is 3. The highest BCUT2D eigenvalue weighted by Crippen LogP contribution is 2.13. The summed E-state index contributed by atoms with van der Waals surface area (Å²) in [4.78, 5) is 16.0. The van der Waals surface area contributed by atoms with Gasteiger partial charge in [-0.2, -0.15) is 5.26 Å². The quantitative estimate of drug-likeness (QED) is 0.561. The van der Waals surface area contributed by atoms with Crippen LogP contribution in [0.3, 0.4) is 0 Å². The van der Waals surface area contributed by atoms with E-state index < -0.39 is 6.09 Å². The van der Waals surface area contributed by atoms with Crippen LogP contribution in [0.25, 0.3) is 0 Å². The molecule has 0 bridgehead atoms. The predicted molar refractivity (Wildman–Crippen MR) is 48.6 cm³/mol. The molecule has 0 saturated carbocycles. The lowest BCUT2D eigenvalue weighted by Crippen LogP contribution is -2.30. The van der Waals surface area contributed by atoms with Gasteiger partial charge in [-0.3, -0.25) is 9.79 Å². The third kappa shape index (κ3) is 2.19. The van der Waals surface area contributed by atoms with E-state index >= 15 is 0 Å². The first-order chi connectivity index (χ1) is 6.29.